The van der Waals surface area contributed by atoms with Gasteiger partial charge in [0, 0.05) is 6.54 Å². The van der Waals surface area contributed by atoms with Crippen molar-refractivity contribution < 1.29 is 14.3 Å². The number of ether oxygens (including phenoxy) is 2. The van der Waals surface area contributed by atoms with E-state index in [1.165, 1.54) is 57.2 Å². The van der Waals surface area contributed by atoms with Crippen LogP contribution in [-0.4, -0.2) is 24.5 Å². The summed E-state index contributed by atoms with van der Waals surface area (Å²) in [7, 11) is 1.62. The highest BCUT2D eigenvalue weighted by molar-refractivity contribution is 5.90. The van der Waals surface area contributed by atoms with Crippen molar-refractivity contribution in [2.75, 3.05) is 13.7 Å². The number of pyridine rings is 1. The minimum absolute atomic E-state index is 0.203. The monoisotopic (exact) mass is 397 g/mol. The van der Waals surface area contributed by atoms with Crippen LogP contribution in [0.1, 0.15) is 61.0 Å². The number of rotatable bonds is 9. The van der Waals surface area contributed by atoms with Crippen LogP contribution in [-0.2, 0) is 6.54 Å². The molecule has 0 atom stereocenters. The van der Waals surface area contributed by atoms with Gasteiger partial charge in [0.1, 0.15) is 11.4 Å². The summed E-state index contributed by atoms with van der Waals surface area (Å²) in [6, 6.07) is 9.11. The van der Waals surface area contributed by atoms with Gasteiger partial charge >= 0.3 is 0 Å². The molecule has 3 rings (SSSR count). The van der Waals surface area contributed by atoms with Crippen molar-refractivity contribution in [2.45, 2.75) is 51.5 Å². The largest absolute Gasteiger partial charge is 0.493 e. The van der Waals surface area contributed by atoms with E-state index >= 15 is 0 Å². The number of methoxy groups -OCH3 is 1. The number of hydrogen-bond donors (Lipinski definition) is 2. The molecule has 1 amide bonds. The summed E-state index contributed by atoms with van der Waals surface area (Å²) in [5.41, 5.74) is 6.56. The first-order valence-electron chi connectivity index (χ1n) is 10.5. The second-order valence-corrected chi connectivity index (χ2v) is 7.65. The molecular formula is C23H31N3O3. The van der Waals surface area contributed by atoms with Crippen LogP contribution in [0.2, 0.25) is 0 Å². The van der Waals surface area contributed by atoms with Crippen molar-refractivity contribution in [1.82, 2.24) is 10.3 Å². The predicted octanol–water partition coefficient (Wildman–Crippen LogP) is 4.43. The molecule has 0 unspecified atom stereocenters. The van der Waals surface area contributed by atoms with Crippen LogP contribution in [0.5, 0.6) is 17.2 Å². The van der Waals surface area contributed by atoms with E-state index in [1.54, 1.807) is 13.2 Å². The molecule has 0 spiro atoms. The van der Waals surface area contributed by atoms with E-state index in [0.717, 1.165) is 24.6 Å². The number of amides is 1. The molecule has 1 aliphatic carbocycles. The topological polar surface area (TPSA) is 86.5 Å². The number of hydrogen-bond acceptors (Lipinski definition) is 5. The Hall–Kier alpha value is -2.60. The second kappa shape index (κ2) is 10.8. The maximum Gasteiger partial charge on any atom is 0.267 e. The standard InChI is InChI=1S/C23H31N3O3/c1-28-22-14-18(15-25-13-12-17-6-4-2-3-5-7-17)8-11-21(22)29-19-9-10-20(23(24)27)26-16-19/h8-11,14,16-17,25H,2-7,12-13,15H2,1H3,(H2,24,27). The van der Waals surface area contributed by atoms with Crippen LogP contribution in [0.25, 0.3) is 0 Å². The molecule has 0 saturated heterocycles. The van der Waals surface area contributed by atoms with Gasteiger partial charge in [-0.2, -0.15) is 0 Å². The fourth-order valence-corrected chi connectivity index (χ4v) is 3.81. The fourth-order valence-electron chi connectivity index (χ4n) is 3.81. The van der Waals surface area contributed by atoms with Crippen molar-refractivity contribution in [3.8, 4) is 17.2 Å². The lowest BCUT2D eigenvalue weighted by Gasteiger charge is -2.15. The summed E-state index contributed by atoms with van der Waals surface area (Å²) < 4.78 is 11.3. The van der Waals surface area contributed by atoms with Gasteiger partial charge in [0.15, 0.2) is 11.5 Å². The third kappa shape index (κ3) is 6.46. The highest BCUT2D eigenvalue weighted by atomic mass is 16.5. The van der Waals surface area contributed by atoms with Crippen LogP contribution in [0.4, 0.5) is 0 Å². The molecule has 3 N–H and O–H groups in total. The number of nitrogens with zero attached hydrogens (tertiary/aromatic N) is 1. The Morgan fingerprint density at radius 3 is 2.59 bits per heavy atom. The number of primary amides is 1. The summed E-state index contributed by atoms with van der Waals surface area (Å²) in [5, 5.41) is 3.56. The van der Waals surface area contributed by atoms with Gasteiger partial charge in [-0.15, -0.1) is 0 Å². The highest BCUT2D eigenvalue weighted by Gasteiger charge is 2.12. The molecule has 1 aromatic carbocycles. The van der Waals surface area contributed by atoms with Crippen LogP contribution in [0, 0.1) is 5.92 Å². The van der Waals surface area contributed by atoms with Crippen molar-refractivity contribution >= 4 is 5.91 Å². The van der Waals surface area contributed by atoms with E-state index in [2.05, 4.69) is 10.3 Å². The van der Waals surface area contributed by atoms with E-state index < -0.39 is 5.91 Å². The number of carbonyl (C=O) groups is 1. The SMILES string of the molecule is COc1cc(CNCCC2CCCCCC2)ccc1Oc1ccc(C(N)=O)nc1. The molecule has 6 nitrogen and oxygen atoms in total. The summed E-state index contributed by atoms with van der Waals surface area (Å²) in [6.07, 6.45) is 11.1. The van der Waals surface area contributed by atoms with Gasteiger partial charge in [-0.25, -0.2) is 4.98 Å². The third-order valence-electron chi connectivity index (χ3n) is 5.48. The molecule has 1 fully saturated rings. The van der Waals surface area contributed by atoms with Gasteiger partial charge in [0.05, 0.1) is 13.3 Å². The quantitative estimate of drug-likeness (QED) is 0.483. The molecule has 1 saturated carbocycles. The zero-order valence-corrected chi connectivity index (χ0v) is 17.2. The number of nitrogens with two attached hydrogens (primary N) is 1. The Bertz CT molecular complexity index is 784. The molecule has 0 aliphatic heterocycles. The zero-order valence-electron chi connectivity index (χ0n) is 17.2. The molecule has 1 heterocycles. The molecule has 1 aromatic heterocycles. The van der Waals surface area contributed by atoms with E-state index in [9.17, 15) is 4.79 Å². The number of carbonyl (C=O) groups excluding carboxylic acids is 1. The molecule has 2 aromatic rings. The average molecular weight is 398 g/mol. The maximum atomic E-state index is 11.1. The minimum Gasteiger partial charge on any atom is -0.493 e. The van der Waals surface area contributed by atoms with Gasteiger partial charge in [0.25, 0.3) is 5.91 Å². The van der Waals surface area contributed by atoms with E-state index in [4.69, 9.17) is 15.2 Å². The smallest absolute Gasteiger partial charge is 0.267 e. The fraction of sp³-hybridized carbons (Fsp3) is 0.478. The molecular weight excluding hydrogens is 366 g/mol. The first-order valence-corrected chi connectivity index (χ1v) is 10.5. The summed E-state index contributed by atoms with van der Waals surface area (Å²) >= 11 is 0. The number of nitrogens with one attached hydrogen (secondary N) is 1. The molecule has 156 valence electrons. The molecule has 29 heavy (non-hydrogen) atoms. The summed E-state index contributed by atoms with van der Waals surface area (Å²) in [5.74, 6) is 2.09. The van der Waals surface area contributed by atoms with Crippen LogP contribution in [0.3, 0.4) is 0 Å². The first kappa shape index (κ1) is 21.1. The van der Waals surface area contributed by atoms with E-state index in [1.807, 2.05) is 18.2 Å². The van der Waals surface area contributed by atoms with Crippen molar-refractivity contribution in [1.29, 1.82) is 0 Å². The normalized spacial score (nSPS) is 14.9. The Morgan fingerprint density at radius 2 is 1.93 bits per heavy atom. The second-order valence-electron chi connectivity index (χ2n) is 7.65. The lowest BCUT2D eigenvalue weighted by molar-refractivity contribution is 0.0995. The van der Waals surface area contributed by atoms with Crippen LogP contribution in [0.15, 0.2) is 36.5 Å². The van der Waals surface area contributed by atoms with Gasteiger partial charge < -0.3 is 20.5 Å². The summed E-state index contributed by atoms with van der Waals surface area (Å²) in [6.45, 7) is 1.85. The predicted molar refractivity (Wildman–Crippen MR) is 113 cm³/mol. The van der Waals surface area contributed by atoms with Crippen LogP contribution >= 0.6 is 0 Å². The van der Waals surface area contributed by atoms with E-state index in [-0.39, 0.29) is 5.69 Å². The lowest BCUT2D eigenvalue weighted by atomic mass is 9.97. The summed E-state index contributed by atoms with van der Waals surface area (Å²) in [4.78, 5) is 15.1. The Labute approximate surface area is 172 Å². The molecule has 6 heteroatoms. The molecule has 1 aliphatic rings. The van der Waals surface area contributed by atoms with E-state index in [0.29, 0.717) is 17.2 Å². The molecule has 0 bridgehead atoms. The average Bonchev–Trinajstić information content (AvgIpc) is 3.01. The van der Waals surface area contributed by atoms with Crippen LogP contribution < -0.4 is 20.5 Å². The van der Waals surface area contributed by atoms with Crippen molar-refractivity contribution in [2.24, 2.45) is 11.7 Å². The lowest BCUT2D eigenvalue weighted by Crippen LogP contribution is -2.17. The molecule has 0 radical (unpaired) electrons. The zero-order chi connectivity index (χ0) is 20.5. The minimum atomic E-state index is -0.565. The Kier molecular flexibility index (Phi) is 7.87. The number of benzene rings is 1. The van der Waals surface area contributed by atoms with Gasteiger partial charge in [-0.05, 0) is 48.7 Å². The first-order chi connectivity index (χ1) is 14.2. The number of aromatic nitrogens is 1. The van der Waals surface area contributed by atoms with Gasteiger partial charge in [0.2, 0.25) is 0 Å². The van der Waals surface area contributed by atoms with Gasteiger partial charge in [-0.1, -0.05) is 44.6 Å². The Balaban J connectivity index is 1.52. The maximum absolute atomic E-state index is 11.1. The van der Waals surface area contributed by atoms with Crippen molar-refractivity contribution in [3.05, 3.63) is 47.8 Å². The van der Waals surface area contributed by atoms with Crippen molar-refractivity contribution in [3.63, 3.8) is 0 Å². The van der Waals surface area contributed by atoms with Gasteiger partial charge in [-0.3, -0.25) is 4.79 Å². The third-order valence-corrected chi connectivity index (χ3v) is 5.48. The Morgan fingerprint density at radius 1 is 1.14 bits per heavy atom. The highest BCUT2D eigenvalue weighted by Crippen LogP contribution is 2.32.